The lowest BCUT2D eigenvalue weighted by atomic mass is 9.99. The van der Waals surface area contributed by atoms with Gasteiger partial charge in [0, 0.05) is 24.1 Å². The standard InChI is InChI=1S/C25H31NO5/c1-15(2)24-26-21(17(5)31-24)12-13-29-22-11-10-18(19-8-6-7-9-20(19)22)14-23(25(27)28)30-16(3)4/h6-11,15-16,23H,12-14H2,1-5H3,(H,27,28). The highest BCUT2D eigenvalue weighted by molar-refractivity contribution is 5.91. The molecule has 0 spiro atoms. The molecule has 31 heavy (non-hydrogen) atoms. The maximum Gasteiger partial charge on any atom is 0.333 e. The number of rotatable bonds is 10. The molecule has 2 aromatic carbocycles. The molecule has 0 saturated heterocycles. The molecule has 3 rings (SSSR count). The monoisotopic (exact) mass is 425 g/mol. The van der Waals surface area contributed by atoms with E-state index in [0.29, 0.717) is 19.4 Å². The van der Waals surface area contributed by atoms with Gasteiger partial charge in [0.05, 0.1) is 18.4 Å². The first-order chi connectivity index (χ1) is 14.8. The van der Waals surface area contributed by atoms with Gasteiger partial charge in [0.25, 0.3) is 0 Å². The molecular formula is C25H31NO5. The third-order valence-corrected chi connectivity index (χ3v) is 5.09. The van der Waals surface area contributed by atoms with Crippen molar-refractivity contribution < 1.29 is 23.8 Å². The van der Waals surface area contributed by atoms with Gasteiger partial charge in [-0.25, -0.2) is 9.78 Å². The number of aryl methyl sites for hydroxylation is 1. The SMILES string of the molecule is Cc1oc(C(C)C)nc1CCOc1ccc(CC(OC(C)C)C(=O)O)c2ccccc12. The summed E-state index contributed by atoms with van der Waals surface area (Å²) in [5.74, 6) is 1.64. The van der Waals surface area contributed by atoms with Crippen LogP contribution in [0.5, 0.6) is 5.75 Å². The van der Waals surface area contributed by atoms with E-state index in [1.54, 1.807) is 0 Å². The minimum absolute atomic E-state index is 0.161. The second-order valence-electron chi connectivity index (χ2n) is 8.29. The fraction of sp³-hybridized carbons (Fsp3) is 0.440. The molecule has 1 N–H and O–H groups in total. The van der Waals surface area contributed by atoms with Crippen LogP contribution in [-0.2, 0) is 22.4 Å². The minimum atomic E-state index is -0.957. The Labute approximate surface area is 183 Å². The van der Waals surface area contributed by atoms with Crippen LogP contribution < -0.4 is 4.74 Å². The van der Waals surface area contributed by atoms with Gasteiger partial charge < -0.3 is 19.0 Å². The van der Waals surface area contributed by atoms with E-state index in [1.807, 2.05) is 57.2 Å². The number of hydrogen-bond acceptors (Lipinski definition) is 5. The van der Waals surface area contributed by atoms with E-state index in [1.165, 1.54) is 0 Å². The fourth-order valence-electron chi connectivity index (χ4n) is 3.55. The Morgan fingerprint density at radius 1 is 1.10 bits per heavy atom. The van der Waals surface area contributed by atoms with Crippen LogP contribution in [0.3, 0.4) is 0 Å². The molecule has 6 nitrogen and oxygen atoms in total. The maximum absolute atomic E-state index is 11.6. The molecule has 3 aromatic rings. The van der Waals surface area contributed by atoms with E-state index in [0.717, 1.165) is 39.4 Å². The summed E-state index contributed by atoms with van der Waals surface area (Å²) in [6, 6.07) is 11.7. The molecule has 0 fully saturated rings. The predicted octanol–water partition coefficient (Wildman–Crippen LogP) is 5.30. The Hall–Kier alpha value is -2.86. The topological polar surface area (TPSA) is 81.8 Å². The maximum atomic E-state index is 11.6. The van der Waals surface area contributed by atoms with E-state index in [4.69, 9.17) is 13.9 Å². The summed E-state index contributed by atoms with van der Waals surface area (Å²) in [4.78, 5) is 16.2. The summed E-state index contributed by atoms with van der Waals surface area (Å²) in [6.45, 7) is 10.2. The van der Waals surface area contributed by atoms with E-state index in [-0.39, 0.29) is 12.0 Å². The second kappa shape index (κ2) is 9.96. The highest BCUT2D eigenvalue weighted by Crippen LogP contribution is 2.30. The number of carboxylic acids is 1. The molecule has 0 radical (unpaired) electrons. The van der Waals surface area contributed by atoms with Crippen molar-refractivity contribution in [2.45, 2.75) is 65.6 Å². The van der Waals surface area contributed by atoms with Crippen LogP contribution in [0, 0.1) is 6.92 Å². The smallest absolute Gasteiger partial charge is 0.333 e. The highest BCUT2D eigenvalue weighted by atomic mass is 16.5. The summed E-state index contributed by atoms with van der Waals surface area (Å²) < 4.78 is 17.4. The first kappa shape index (κ1) is 22.8. The molecule has 166 valence electrons. The van der Waals surface area contributed by atoms with Crippen molar-refractivity contribution in [3.05, 3.63) is 59.3 Å². The quantitative estimate of drug-likeness (QED) is 0.475. The molecule has 0 aliphatic rings. The highest BCUT2D eigenvalue weighted by Gasteiger charge is 2.21. The van der Waals surface area contributed by atoms with Crippen molar-refractivity contribution >= 4 is 16.7 Å². The van der Waals surface area contributed by atoms with Crippen LogP contribution in [0.2, 0.25) is 0 Å². The van der Waals surface area contributed by atoms with Gasteiger partial charge in [-0.1, -0.05) is 44.2 Å². The number of carbonyl (C=O) groups is 1. The molecule has 0 saturated carbocycles. The third-order valence-electron chi connectivity index (χ3n) is 5.09. The van der Waals surface area contributed by atoms with Crippen LogP contribution >= 0.6 is 0 Å². The van der Waals surface area contributed by atoms with E-state index >= 15 is 0 Å². The molecule has 0 aliphatic carbocycles. The van der Waals surface area contributed by atoms with Gasteiger partial charge >= 0.3 is 5.97 Å². The van der Waals surface area contributed by atoms with Gasteiger partial charge in [-0.2, -0.15) is 0 Å². The Kier molecular flexibility index (Phi) is 7.33. The minimum Gasteiger partial charge on any atom is -0.493 e. The van der Waals surface area contributed by atoms with Crippen LogP contribution in [0.4, 0.5) is 0 Å². The van der Waals surface area contributed by atoms with Gasteiger partial charge in [-0.15, -0.1) is 0 Å². The molecule has 1 aromatic heterocycles. The van der Waals surface area contributed by atoms with Gasteiger partial charge in [0.1, 0.15) is 11.5 Å². The van der Waals surface area contributed by atoms with Crippen LogP contribution in [-0.4, -0.2) is 34.9 Å². The zero-order valence-corrected chi connectivity index (χ0v) is 18.8. The summed E-state index contributed by atoms with van der Waals surface area (Å²) >= 11 is 0. The van der Waals surface area contributed by atoms with E-state index in [9.17, 15) is 9.90 Å². The number of aromatic nitrogens is 1. The number of benzene rings is 2. The van der Waals surface area contributed by atoms with Gasteiger partial charge in [-0.3, -0.25) is 0 Å². The molecule has 1 atom stereocenters. The summed E-state index contributed by atoms with van der Waals surface area (Å²) in [6.07, 6.45) is -0.0991. The second-order valence-corrected chi connectivity index (χ2v) is 8.29. The Morgan fingerprint density at radius 3 is 2.42 bits per heavy atom. The Bertz CT molecular complexity index is 1040. The molecule has 6 heteroatoms. The number of ether oxygens (including phenoxy) is 2. The zero-order valence-electron chi connectivity index (χ0n) is 18.8. The first-order valence-electron chi connectivity index (χ1n) is 10.7. The summed E-state index contributed by atoms with van der Waals surface area (Å²) in [5, 5.41) is 11.5. The van der Waals surface area contributed by atoms with Crippen molar-refractivity contribution in [2.24, 2.45) is 0 Å². The average molecular weight is 426 g/mol. The predicted molar refractivity (Wildman–Crippen MR) is 120 cm³/mol. The number of oxazole rings is 1. The molecular weight excluding hydrogens is 394 g/mol. The largest absolute Gasteiger partial charge is 0.493 e. The van der Waals surface area contributed by atoms with Crippen molar-refractivity contribution in [1.29, 1.82) is 0 Å². The Morgan fingerprint density at radius 2 is 1.81 bits per heavy atom. The average Bonchev–Trinajstić information content (AvgIpc) is 3.09. The van der Waals surface area contributed by atoms with Crippen LogP contribution in [0.15, 0.2) is 40.8 Å². The number of nitrogens with zero attached hydrogens (tertiary/aromatic N) is 1. The number of fused-ring (bicyclic) bond motifs is 1. The van der Waals surface area contributed by atoms with Crippen molar-refractivity contribution in [1.82, 2.24) is 4.98 Å². The molecule has 0 amide bonds. The lowest BCUT2D eigenvalue weighted by molar-refractivity contribution is -0.153. The molecule has 1 unspecified atom stereocenters. The van der Waals surface area contributed by atoms with Crippen molar-refractivity contribution in [3.63, 3.8) is 0 Å². The van der Waals surface area contributed by atoms with Gasteiger partial charge in [0.2, 0.25) is 0 Å². The van der Waals surface area contributed by atoms with Crippen LogP contribution in [0.1, 0.15) is 56.5 Å². The van der Waals surface area contributed by atoms with E-state index < -0.39 is 12.1 Å². The third kappa shape index (κ3) is 5.64. The Balaban J connectivity index is 1.77. The zero-order chi connectivity index (χ0) is 22.5. The van der Waals surface area contributed by atoms with E-state index in [2.05, 4.69) is 18.8 Å². The van der Waals surface area contributed by atoms with Crippen LogP contribution in [0.25, 0.3) is 10.8 Å². The summed E-state index contributed by atoms with van der Waals surface area (Å²) in [5.41, 5.74) is 1.84. The number of hydrogen-bond donors (Lipinski definition) is 1. The lowest BCUT2D eigenvalue weighted by Gasteiger charge is -2.18. The van der Waals surface area contributed by atoms with Gasteiger partial charge in [-0.05, 0) is 37.8 Å². The molecule has 0 bridgehead atoms. The molecule has 0 aliphatic heterocycles. The fourth-order valence-corrected chi connectivity index (χ4v) is 3.55. The number of aliphatic carboxylic acids is 1. The summed E-state index contributed by atoms with van der Waals surface area (Å²) in [7, 11) is 0. The van der Waals surface area contributed by atoms with Gasteiger partial charge in [0.15, 0.2) is 12.0 Å². The van der Waals surface area contributed by atoms with Crippen molar-refractivity contribution in [2.75, 3.05) is 6.61 Å². The molecule has 1 heterocycles. The normalized spacial score (nSPS) is 12.6. The van der Waals surface area contributed by atoms with Crippen molar-refractivity contribution in [3.8, 4) is 5.75 Å². The first-order valence-corrected chi connectivity index (χ1v) is 10.7. The lowest BCUT2D eigenvalue weighted by Crippen LogP contribution is -2.29. The number of carboxylic acid groups (broad SMARTS) is 1.